The fourth-order valence-electron chi connectivity index (χ4n) is 2.18. The van der Waals surface area contributed by atoms with Crippen molar-refractivity contribution in [2.75, 3.05) is 26.7 Å². The van der Waals surface area contributed by atoms with Crippen molar-refractivity contribution in [2.45, 2.75) is 53.5 Å². The van der Waals surface area contributed by atoms with Gasteiger partial charge in [-0.1, -0.05) is 20.8 Å². The molecule has 2 heteroatoms. The van der Waals surface area contributed by atoms with Gasteiger partial charge >= 0.3 is 0 Å². The smallest absolute Gasteiger partial charge is 0.00385 e. The summed E-state index contributed by atoms with van der Waals surface area (Å²) in [6.45, 7) is 14.7. The van der Waals surface area contributed by atoms with E-state index in [9.17, 15) is 0 Å². The van der Waals surface area contributed by atoms with E-state index in [0.29, 0.717) is 5.41 Å². The lowest BCUT2D eigenvalue weighted by Gasteiger charge is -2.41. The van der Waals surface area contributed by atoms with Gasteiger partial charge in [0.25, 0.3) is 0 Å². The maximum atomic E-state index is 3.30. The van der Waals surface area contributed by atoms with E-state index in [1.165, 1.54) is 32.5 Å². The molecule has 1 saturated heterocycles. The van der Waals surface area contributed by atoms with Gasteiger partial charge in [-0.15, -0.1) is 0 Å². The first-order chi connectivity index (χ1) is 7.07. The van der Waals surface area contributed by atoms with E-state index in [0.717, 1.165) is 6.04 Å². The minimum atomic E-state index is 0.542. The topological polar surface area (TPSA) is 15.3 Å². The highest BCUT2D eigenvalue weighted by molar-refractivity contribution is 4.84. The van der Waals surface area contributed by atoms with Gasteiger partial charge in [0.1, 0.15) is 0 Å². The second kappa shape index (κ2) is 7.24. The minimum absolute atomic E-state index is 0.542. The van der Waals surface area contributed by atoms with E-state index < -0.39 is 0 Å². The van der Waals surface area contributed by atoms with Gasteiger partial charge in [-0.3, -0.25) is 0 Å². The quantitative estimate of drug-likeness (QED) is 0.777. The number of rotatable bonds is 3. The van der Waals surface area contributed by atoms with Crippen LogP contribution in [0.15, 0.2) is 0 Å². The maximum absolute atomic E-state index is 3.30. The average Bonchev–Trinajstić information content (AvgIpc) is 2.21. The molecule has 0 aliphatic carbocycles. The van der Waals surface area contributed by atoms with E-state index in [1.54, 1.807) is 0 Å². The molecule has 0 bridgehead atoms. The first kappa shape index (κ1) is 14.9. The number of piperidine rings is 1. The zero-order valence-corrected chi connectivity index (χ0v) is 11.6. The molecule has 0 aromatic heterocycles. The van der Waals surface area contributed by atoms with Crippen LogP contribution in [0.3, 0.4) is 0 Å². The van der Waals surface area contributed by atoms with Gasteiger partial charge in [0.05, 0.1) is 0 Å². The van der Waals surface area contributed by atoms with Crippen molar-refractivity contribution < 1.29 is 0 Å². The normalized spacial score (nSPS) is 21.0. The summed E-state index contributed by atoms with van der Waals surface area (Å²) in [5.74, 6) is 0. The lowest BCUT2D eigenvalue weighted by Crippen LogP contribution is -2.45. The summed E-state index contributed by atoms with van der Waals surface area (Å²) in [5, 5.41) is 3.30. The number of nitrogens with zero attached hydrogens (tertiary/aromatic N) is 1. The summed E-state index contributed by atoms with van der Waals surface area (Å²) in [4.78, 5) is 2.58. The van der Waals surface area contributed by atoms with Crippen molar-refractivity contribution >= 4 is 0 Å². The Morgan fingerprint density at radius 2 is 1.67 bits per heavy atom. The van der Waals surface area contributed by atoms with Gasteiger partial charge in [-0.05, 0) is 52.2 Å². The Balaban J connectivity index is 0.000000921. The summed E-state index contributed by atoms with van der Waals surface area (Å²) < 4.78 is 0. The molecule has 0 amide bonds. The lowest BCUT2D eigenvalue weighted by atomic mass is 9.80. The molecule has 1 rings (SSSR count). The lowest BCUT2D eigenvalue weighted by molar-refractivity contribution is 0.0957. The van der Waals surface area contributed by atoms with Crippen molar-refractivity contribution in [1.82, 2.24) is 10.2 Å². The zero-order chi connectivity index (χ0) is 11.9. The van der Waals surface area contributed by atoms with Gasteiger partial charge in [0, 0.05) is 12.6 Å². The summed E-state index contributed by atoms with van der Waals surface area (Å²) in [6.07, 6.45) is 2.68. The molecule has 15 heavy (non-hydrogen) atoms. The molecule has 0 spiro atoms. The monoisotopic (exact) mass is 214 g/mol. The predicted octanol–water partition coefficient (Wildman–Crippen LogP) is 2.74. The van der Waals surface area contributed by atoms with E-state index in [1.807, 2.05) is 13.8 Å². The van der Waals surface area contributed by atoms with Crippen molar-refractivity contribution in [1.29, 1.82) is 0 Å². The molecule has 0 atom stereocenters. The van der Waals surface area contributed by atoms with E-state index >= 15 is 0 Å². The Morgan fingerprint density at radius 3 is 2.00 bits per heavy atom. The van der Waals surface area contributed by atoms with E-state index in [4.69, 9.17) is 0 Å². The molecule has 0 radical (unpaired) electrons. The second-order valence-electron chi connectivity index (χ2n) is 4.97. The molecule has 1 aliphatic rings. The van der Waals surface area contributed by atoms with Crippen LogP contribution < -0.4 is 5.32 Å². The highest BCUT2D eigenvalue weighted by atomic mass is 15.2. The highest BCUT2D eigenvalue weighted by Crippen LogP contribution is 2.30. The third-order valence-corrected chi connectivity index (χ3v) is 3.34. The molecule has 0 aromatic carbocycles. The molecule has 92 valence electrons. The number of hydrogen-bond acceptors (Lipinski definition) is 2. The zero-order valence-electron chi connectivity index (χ0n) is 11.6. The van der Waals surface area contributed by atoms with Gasteiger partial charge < -0.3 is 10.2 Å². The van der Waals surface area contributed by atoms with Crippen molar-refractivity contribution in [3.05, 3.63) is 0 Å². The number of likely N-dealkylation sites (tertiary alicyclic amines) is 1. The largest absolute Gasteiger partial charge is 0.319 e. The summed E-state index contributed by atoms with van der Waals surface area (Å²) in [5.41, 5.74) is 0.542. The van der Waals surface area contributed by atoms with E-state index in [2.05, 4.69) is 38.0 Å². The molecule has 2 nitrogen and oxygen atoms in total. The SMILES string of the molecule is CC.CNCC1(C)CCN(C(C)C)CC1. The molecule has 0 aromatic rings. The number of hydrogen-bond donors (Lipinski definition) is 1. The van der Waals surface area contributed by atoms with Gasteiger partial charge in [-0.2, -0.15) is 0 Å². The third kappa shape index (κ3) is 4.98. The molecule has 1 heterocycles. The Kier molecular flexibility index (Phi) is 7.20. The Labute approximate surface area is 96.4 Å². The van der Waals surface area contributed by atoms with Crippen LogP contribution in [0.1, 0.15) is 47.5 Å². The van der Waals surface area contributed by atoms with Gasteiger partial charge in [-0.25, -0.2) is 0 Å². The second-order valence-corrected chi connectivity index (χ2v) is 4.97. The van der Waals surface area contributed by atoms with E-state index in [-0.39, 0.29) is 0 Å². The fraction of sp³-hybridized carbons (Fsp3) is 1.00. The van der Waals surface area contributed by atoms with Crippen molar-refractivity contribution in [3.63, 3.8) is 0 Å². The molecule has 1 fully saturated rings. The minimum Gasteiger partial charge on any atom is -0.319 e. The fourth-order valence-corrected chi connectivity index (χ4v) is 2.18. The van der Waals surface area contributed by atoms with Crippen molar-refractivity contribution in [3.8, 4) is 0 Å². The van der Waals surface area contributed by atoms with Crippen LogP contribution in [-0.2, 0) is 0 Å². The van der Waals surface area contributed by atoms with Crippen LogP contribution in [0.25, 0.3) is 0 Å². The number of nitrogens with one attached hydrogen (secondary N) is 1. The Morgan fingerprint density at radius 1 is 1.20 bits per heavy atom. The predicted molar refractivity (Wildman–Crippen MR) is 69.3 cm³/mol. The van der Waals surface area contributed by atoms with Crippen LogP contribution in [0.4, 0.5) is 0 Å². The van der Waals surface area contributed by atoms with Gasteiger partial charge in [0.2, 0.25) is 0 Å². The summed E-state index contributed by atoms with van der Waals surface area (Å²) in [7, 11) is 2.06. The molecule has 1 aliphatic heterocycles. The molecule has 0 saturated carbocycles. The van der Waals surface area contributed by atoms with Gasteiger partial charge in [0.15, 0.2) is 0 Å². The molecule has 1 N–H and O–H groups in total. The first-order valence-corrected chi connectivity index (χ1v) is 6.46. The molecular weight excluding hydrogens is 184 g/mol. The highest BCUT2D eigenvalue weighted by Gasteiger charge is 2.29. The van der Waals surface area contributed by atoms with Crippen LogP contribution in [0, 0.1) is 5.41 Å². The summed E-state index contributed by atoms with van der Waals surface area (Å²) in [6, 6.07) is 0.721. The van der Waals surface area contributed by atoms with Crippen LogP contribution in [0.5, 0.6) is 0 Å². The average molecular weight is 214 g/mol. The summed E-state index contributed by atoms with van der Waals surface area (Å²) >= 11 is 0. The van der Waals surface area contributed by atoms with Crippen molar-refractivity contribution in [2.24, 2.45) is 5.41 Å². The van der Waals surface area contributed by atoms with Crippen LogP contribution >= 0.6 is 0 Å². The molecular formula is C13H30N2. The van der Waals surface area contributed by atoms with Crippen LogP contribution in [-0.4, -0.2) is 37.6 Å². The Bertz CT molecular complexity index is 147. The third-order valence-electron chi connectivity index (χ3n) is 3.34. The van der Waals surface area contributed by atoms with Crippen LogP contribution in [0.2, 0.25) is 0 Å². The standard InChI is InChI=1S/C11H24N2.C2H6/c1-10(2)13-7-5-11(3,6-8-13)9-12-4;1-2/h10,12H,5-9H2,1-4H3;1-2H3. The molecule has 0 unspecified atom stereocenters. The first-order valence-electron chi connectivity index (χ1n) is 6.46. The maximum Gasteiger partial charge on any atom is 0.00385 e. The Hall–Kier alpha value is -0.0800.